The standard InChI is InChI=1S/C13H18N2O3S2/c16-20(17)7-5-11(9-20)15(10-3-4-10)13(19)14-8-12-2-1-6-18-12/h1-2,6,10-11H,3-5,7-9H2,(H,14,19). The van der Waals surface area contributed by atoms with Crippen molar-refractivity contribution in [1.82, 2.24) is 10.2 Å². The van der Waals surface area contributed by atoms with Gasteiger partial charge in [0.1, 0.15) is 5.76 Å². The van der Waals surface area contributed by atoms with Gasteiger partial charge in [0.15, 0.2) is 14.9 Å². The Bertz CT molecular complexity index is 579. The largest absolute Gasteiger partial charge is 0.467 e. The Morgan fingerprint density at radius 3 is 2.75 bits per heavy atom. The van der Waals surface area contributed by atoms with Gasteiger partial charge in [0.2, 0.25) is 0 Å². The van der Waals surface area contributed by atoms with Crippen molar-refractivity contribution in [2.75, 3.05) is 11.5 Å². The molecule has 1 aliphatic carbocycles. The van der Waals surface area contributed by atoms with Gasteiger partial charge in [-0.25, -0.2) is 8.42 Å². The van der Waals surface area contributed by atoms with E-state index < -0.39 is 9.84 Å². The smallest absolute Gasteiger partial charge is 0.169 e. The van der Waals surface area contributed by atoms with Gasteiger partial charge in [0.05, 0.1) is 24.3 Å². The Morgan fingerprint density at radius 2 is 2.20 bits per heavy atom. The number of hydrogen-bond acceptors (Lipinski definition) is 4. The molecule has 1 saturated heterocycles. The van der Waals surface area contributed by atoms with Crippen LogP contribution in [-0.4, -0.2) is 42.0 Å². The molecule has 0 aromatic carbocycles. The van der Waals surface area contributed by atoms with E-state index in [-0.39, 0.29) is 17.5 Å². The second-order valence-electron chi connectivity index (χ2n) is 5.43. The molecule has 20 heavy (non-hydrogen) atoms. The number of nitrogens with one attached hydrogen (secondary N) is 1. The lowest BCUT2D eigenvalue weighted by atomic mass is 10.2. The zero-order valence-electron chi connectivity index (χ0n) is 11.1. The number of furan rings is 1. The number of sulfone groups is 1. The fraction of sp³-hybridized carbons (Fsp3) is 0.615. The molecule has 5 nitrogen and oxygen atoms in total. The molecule has 0 radical (unpaired) electrons. The zero-order chi connectivity index (χ0) is 14.2. The van der Waals surface area contributed by atoms with Crippen molar-refractivity contribution >= 4 is 27.2 Å². The lowest BCUT2D eigenvalue weighted by Gasteiger charge is -2.31. The molecular weight excluding hydrogens is 296 g/mol. The van der Waals surface area contributed by atoms with Crippen LogP contribution >= 0.6 is 12.2 Å². The molecule has 0 amide bonds. The van der Waals surface area contributed by atoms with Crippen LogP contribution < -0.4 is 5.32 Å². The van der Waals surface area contributed by atoms with Crippen molar-refractivity contribution in [1.29, 1.82) is 0 Å². The molecule has 1 N–H and O–H groups in total. The van der Waals surface area contributed by atoms with Crippen molar-refractivity contribution in [2.24, 2.45) is 0 Å². The molecular formula is C13H18N2O3S2. The molecule has 110 valence electrons. The van der Waals surface area contributed by atoms with Gasteiger partial charge in [-0.2, -0.15) is 0 Å². The first-order valence-electron chi connectivity index (χ1n) is 6.84. The van der Waals surface area contributed by atoms with E-state index in [1.54, 1.807) is 6.26 Å². The Kier molecular flexibility index (Phi) is 3.72. The Hall–Kier alpha value is -1.08. The molecule has 3 rings (SSSR count). The van der Waals surface area contributed by atoms with E-state index in [0.717, 1.165) is 18.6 Å². The lowest BCUT2D eigenvalue weighted by Crippen LogP contribution is -2.47. The summed E-state index contributed by atoms with van der Waals surface area (Å²) in [4.78, 5) is 2.10. The Morgan fingerprint density at radius 1 is 1.40 bits per heavy atom. The van der Waals surface area contributed by atoms with Crippen molar-refractivity contribution in [3.8, 4) is 0 Å². The first-order valence-corrected chi connectivity index (χ1v) is 9.07. The normalized spacial score (nSPS) is 24.5. The number of hydrogen-bond donors (Lipinski definition) is 1. The minimum Gasteiger partial charge on any atom is -0.467 e. The van der Waals surface area contributed by atoms with Crippen LogP contribution in [0.4, 0.5) is 0 Å². The van der Waals surface area contributed by atoms with Crippen molar-refractivity contribution in [3.63, 3.8) is 0 Å². The highest BCUT2D eigenvalue weighted by Gasteiger charge is 2.40. The highest BCUT2D eigenvalue weighted by atomic mass is 32.2. The van der Waals surface area contributed by atoms with Gasteiger partial charge in [-0.15, -0.1) is 0 Å². The fourth-order valence-corrected chi connectivity index (χ4v) is 4.73. The summed E-state index contributed by atoms with van der Waals surface area (Å²) in [5.74, 6) is 1.33. The summed E-state index contributed by atoms with van der Waals surface area (Å²) in [6.07, 6.45) is 4.50. The van der Waals surface area contributed by atoms with Gasteiger partial charge in [0, 0.05) is 12.1 Å². The van der Waals surface area contributed by atoms with Crippen LogP contribution in [0.3, 0.4) is 0 Å². The summed E-state index contributed by atoms with van der Waals surface area (Å²) in [5, 5.41) is 3.82. The van der Waals surface area contributed by atoms with E-state index in [9.17, 15) is 8.42 Å². The van der Waals surface area contributed by atoms with Crippen LogP contribution in [0, 0.1) is 0 Å². The molecule has 1 unspecified atom stereocenters. The number of nitrogens with zero attached hydrogens (tertiary/aromatic N) is 1. The van der Waals surface area contributed by atoms with E-state index in [0.29, 0.717) is 24.1 Å². The van der Waals surface area contributed by atoms with Crippen molar-refractivity contribution in [2.45, 2.75) is 37.9 Å². The summed E-state index contributed by atoms with van der Waals surface area (Å²) >= 11 is 5.45. The molecule has 2 aliphatic rings. The highest BCUT2D eigenvalue weighted by Crippen LogP contribution is 2.32. The molecule has 1 atom stereocenters. The van der Waals surface area contributed by atoms with Crippen LogP contribution in [0.2, 0.25) is 0 Å². The lowest BCUT2D eigenvalue weighted by molar-refractivity contribution is 0.319. The SMILES string of the molecule is O=S1(=O)CCC(N(C(=S)NCc2ccco2)C2CC2)C1. The van der Waals surface area contributed by atoms with Gasteiger partial charge in [-0.1, -0.05) is 0 Å². The van der Waals surface area contributed by atoms with E-state index in [1.165, 1.54) is 0 Å². The van der Waals surface area contributed by atoms with Crippen LogP contribution in [0.5, 0.6) is 0 Å². The average Bonchev–Trinajstić information content (AvgIpc) is 2.95. The fourth-order valence-electron chi connectivity index (χ4n) is 2.64. The molecule has 1 aromatic rings. The third kappa shape index (κ3) is 3.15. The highest BCUT2D eigenvalue weighted by molar-refractivity contribution is 7.91. The minimum absolute atomic E-state index is 0.0316. The second kappa shape index (κ2) is 5.37. The molecule has 0 bridgehead atoms. The first kappa shape index (κ1) is 13.9. The van der Waals surface area contributed by atoms with Crippen LogP contribution in [0.1, 0.15) is 25.0 Å². The maximum Gasteiger partial charge on any atom is 0.169 e. The molecule has 2 heterocycles. The van der Waals surface area contributed by atoms with E-state index in [2.05, 4.69) is 10.2 Å². The van der Waals surface area contributed by atoms with E-state index >= 15 is 0 Å². The van der Waals surface area contributed by atoms with Crippen LogP contribution in [0.25, 0.3) is 0 Å². The summed E-state index contributed by atoms with van der Waals surface area (Å²) in [6, 6.07) is 4.16. The summed E-state index contributed by atoms with van der Waals surface area (Å²) in [7, 11) is -2.89. The quantitative estimate of drug-likeness (QED) is 0.846. The maximum absolute atomic E-state index is 11.7. The van der Waals surface area contributed by atoms with E-state index in [1.807, 2.05) is 12.1 Å². The first-order chi connectivity index (χ1) is 9.55. The Labute approximate surface area is 124 Å². The van der Waals surface area contributed by atoms with Gasteiger partial charge >= 0.3 is 0 Å². The van der Waals surface area contributed by atoms with E-state index in [4.69, 9.17) is 16.6 Å². The predicted octanol–water partition coefficient (Wildman–Crippen LogP) is 1.31. The second-order valence-corrected chi connectivity index (χ2v) is 8.05. The summed E-state index contributed by atoms with van der Waals surface area (Å²) in [5.41, 5.74) is 0. The monoisotopic (exact) mass is 314 g/mol. The topological polar surface area (TPSA) is 62.6 Å². The average molecular weight is 314 g/mol. The molecule has 1 aromatic heterocycles. The Balaban J connectivity index is 1.63. The van der Waals surface area contributed by atoms with Crippen LogP contribution in [-0.2, 0) is 16.4 Å². The predicted molar refractivity (Wildman–Crippen MR) is 80.1 cm³/mol. The molecule has 0 spiro atoms. The molecule has 1 aliphatic heterocycles. The molecule has 7 heteroatoms. The zero-order valence-corrected chi connectivity index (χ0v) is 12.8. The maximum atomic E-state index is 11.7. The van der Waals surface area contributed by atoms with Gasteiger partial charge < -0.3 is 14.6 Å². The summed E-state index contributed by atoms with van der Waals surface area (Å²) in [6.45, 7) is 0.536. The number of rotatable bonds is 4. The molecule has 1 saturated carbocycles. The van der Waals surface area contributed by atoms with Gasteiger partial charge in [0.25, 0.3) is 0 Å². The third-order valence-corrected chi connectivity index (χ3v) is 5.88. The summed E-state index contributed by atoms with van der Waals surface area (Å²) < 4.78 is 28.6. The minimum atomic E-state index is -2.89. The van der Waals surface area contributed by atoms with Gasteiger partial charge in [-0.05, 0) is 43.6 Å². The van der Waals surface area contributed by atoms with Crippen molar-refractivity contribution in [3.05, 3.63) is 24.2 Å². The number of thiocarbonyl (C=S) groups is 1. The molecule has 2 fully saturated rings. The van der Waals surface area contributed by atoms with Gasteiger partial charge in [-0.3, -0.25) is 0 Å². The van der Waals surface area contributed by atoms with Crippen molar-refractivity contribution < 1.29 is 12.8 Å². The third-order valence-electron chi connectivity index (χ3n) is 3.77. The van der Waals surface area contributed by atoms with Crippen LogP contribution in [0.15, 0.2) is 22.8 Å².